The molecule has 0 saturated heterocycles. The Kier molecular flexibility index (Phi) is 1.50. The topological polar surface area (TPSA) is 30.7 Å². The molecule has 0 aliphatic heterocycles. The molecule has 0 fully saturated rings. The third-order valence-electron chi connectivity index (χ3n) is 1.35. The summed E-state index contributed by atoms with van der Waals surface area (Å²) in [6.07, 6.45) is 1.58. The van der Waals surface area contributed by atoms with Crippen LogP contribution in [0.25, 0.3) is 0 Å². The Labute approximate surface area is 61.1 Å². The lowest BCUT2D eigenvalue weighted by molar-refractivity contribution is 0.346. The lowest BCUT2D eigenvalue weighted by atomic mass is 10.1. The van der Waals surface area contributed by atoms with E-state index in [1.807, 2.05) is 11.6 Å². The fourth-order valence-corrected chi connectivity index (χ4v) is 0.958. The molecule has 0 aliphatic rings. The molecule has 3 nitrogen and oxygen atoms in total. The smallest absolute Gasteiger partial charge is 0.138 e. The predicted octanol–water partition coefficient (Wildman–Crippen LogP) is 1.34. The summed E-state index contributed by atoms with van der Waals surface area (Å²) in [4.78, 5) is 4.03. The van der Waals surface area contributed by atoms with Gasteiger partial charge in [-0.1, -0.05) is 0 Å². The van der Waals surface area contributed by atoms with Crippen LogP contribution < -0.4 is 0 Å². The average molecular weight is 139 g/mol. The summed E-state index contributed by atoms with van der Waals surface area (Å²) >= 11 is 0. The number of aryl methyl sites for hydroxylation is 1. The molecule has 1 aromatic rings. The minimum atomic E-state index is 0.0561. The molecule has 0 radical (unpaired) electrons. The first-order chi connectivity index (χ1) is 4.52. The van der Waals surface area contributed by atoms with Crippen LogP contribution in [0.4, 0.5) is 0 Å². The lowest BCUT2D eigenvalue weighted by Gasteiger charge is -2.19. The Balaban J connectivity index is 3.05. The molecule has 1 aromatic heterocycles. The molecule has 10 heavy (non-hydrogen) atoms. The Hall–Kier alpha value is -0.860. The number of rotatable bonds is 0. The van der Waals surface area contributed by atoms with Crippen LogP contribution in [0.5, 0.6) is 0 Å². The summed E-state index contributed by atoms with van der Waals surface area (Å²) in [7, 11) is 0. The third-order valence-corrected chi connectivity index (χ3v) is 1.35. The number of hydrogen-bond donors (Lipinski definition) is 0. The quantitative estimate of drug-likeness (QED) is 0.543. The maximum Gasteiger partial charge on any atom is 0.138 e. The van der Waals surface area contributed by atoms with Crippen molar-refractivity contribution in [1.29, 1.82) is 0 Å². The first-order valence-electron chi connectivity index (χ1n) is 3.39. The molecule has 0 saturated carbocycles. The van der Waals surface area contributed by atoms with E-state index < -0.39 is 0 Å². The minimum absolute atomic E-state index is 0.0561. The summed E-state index contributed by atoms with van der Waals surface area (Å²) in [5, 5.41) is 4.09. The normalized spacial score (nSPS) is 12.0. The van der Waals surface area contributed by atoms with Crippen molar-refractivity contribution in [3.05, 3.63) is 12.2 Å². The van der Waals surface area contributed by atoms with Crippen LogP contribution in [0, 0.1) is 6.92 Å². The number of nitrogens with zero attached hydrogens (tertiary/aromatic N) is 3. The first-order valence-corrected chi connectivity index (χ1v) is 3.39. The van der Waals surface area contributed by atoms with Crippen molar-refractivity contribution in [2.45, 2.75) is 33.2 Å². The van der Waals surface area contributed by atoms with E-state index >= 15 is 0 Å². The van der Waals surface area contributed by atoms with E-state index in [-0.39, 0.29) is 5.54 Å². The van der Waals surface area contributed by atoms with E-state index in [9.17, 15) is 0 Å². The summed E-state index contributed by atoms with van der Waals surface area (Å²) in [5.74, 6) is 0.965. The largest absolute Gasteiger partial charge is 0.245 e. The third kappa shape index (κ3) is 1.17. The fourth-order valence-electron chi connectivity index (χ4n) is 0.958. The standard InChI is InChI=1S/C7H13N3/c1-6-8-5-9-10(6)7(2,3)4/h5H,1-4H3. The Bertz CT molecular complexity index is 219. The monoisotopic (exact) mass is 139 g/mol. The molecular weight excluding hydrogens is 126 g/mol. The molecule has 0 aliphatic carbocycles. The van der Waals surface area contributed by atoms with Gasteiger partial charge >= 0.3 is 0 Å². The van der Waals surface area contributed by atoms with Crippen LogP contribution in [-0.2, 0) is 5.54 Å². The lowest BCUT2D eigenvalue weighted by Crippen LogP contribution is -2.24. The van der Waals surface area contributed by atoms with Crippen LogP contribution in [-0.4, -0.2) is 14.8 Å². The number of hydrogen-bond acceptors (Lipinski definition) is 2. The second kappa shape index (κ2) is 2.08. The van der Waals surface area contributed by atoms with Crippen molar-refractivity contribution in [3.8, 4) is 0 Å². The SMILES string of the molecule is Cc1ncnn1C(C)(C)C. The summed E-state index contributed by atoms with van der Waals surface area (Å²) in [6, 6.07) is 0. The molecule has 1 heterocycles. The molecule has 0 bridgehead atoms. The molecule has 0 atom stereocenters. The average Bonchev–Trinajstić information content (AvgIpc) is 2.11. The van der Waals surface area contributed by atoms with Crippen LogP contribution in [0.3, 0.4) is 0 Å². The highest BCUT2D eigenvalue weighted by atomic mass is 15.4. The zero-order valence-corrected chi connectivity index (χ0v) is 6.92. The highest BCUT2D eigenvalue weighted by Crippen LogP contribution is 2.12. The Morgan fingerprint density at radius 3 is 2.20 bits per heavy atom. The maximum atomic E-state index is 4.09. The summed E-state index contributed by atoms with van der Waals surface area (Å²) in [6.45, 7) is 8.27. The van der Waals surface area contributed by atoms with Crippen LogP contribution in [0.1, 0.15) is 26.6 Å². The Morgan fingerprint density at radius 2 is 2.00 bits per heavy atom. The zero-order valence-electron chi connectivity index (χ0n) is 6.92. The molecule has 1 rings (SSSR count). The van der Waals surface area contributed by atoms with E-state index in [1.54, 1.807) is 6.33 Å². The van der Waals surface area contributed by atoms with Gasteiger partial charge in [-0.3, -0.25) is 0 Å². The van der Waals surface area contributed by atoms with Gasteiger partial charge in [0.25, 0.3) is 0 Å². The highest BCUT2D eigenvalue weighted by molar-refractivity contribution is 4.85. The van der Waals surface area contributed by atoms with Crippen molar-refractivity contribution >= 4 is 0 Å². The first kappa shape index (κ1) is 7.25. The minimum Gasteiger partial charge on any atom is -0.245 e. The molecule has 3 heteroatoms. The van der Waals surface area contributed by atoms with Crippen molar-refractivity contribution in [1.82, 2.24) is 14.8 Å². The van der Waals surface area contributed by atoms with E-state index in [1.165, 1.54) is 0 Å². The second-order valence-corrected chi connectivity index (χ2v) is 3.39. The maximum absolute atomic E-state index is 4.09. The zero-order chi connectivity index (χ0) is 7.78. The molecule has 0 unspecified atom stereocenters. The van der Waals surface area contributed by atoms with Gasteiger partial charge in [-0.25, -0.2) is 9.67 Å². The van der Waals surface area contributed by atoms with Gasteiger partial charge < -0.3 is 0 Å². The van der Waals surface area contributed by atoms with Crippen molar-refractivity contribution in [2.24, 2.45) is 0 Å². The summed E-state index contributed by atoms with van der Waals surface area (Å²) < 4.78 is 1.91. The van der Waals surface area contributed by atoms with E-state index in [4.69, 9.17) is 0 Å². The second-order valence-electron chi connectivity index (χ2n) is 3.39. The van der Waals surface area contributed by atoms with Gasteiger partial charge in [-0.2, -0.15) is 5.10 Å². The van der Waals surface area contributed by atoms with E-state index in [0.29, 0.717) is 0 Å². The fraction of sp³-hybridized carbons (Fsp3) is 0.714. The van der Waals surface area contributed by atoms with Gasteiger partial charge in [-0.15, -0.1) is 0 Å². The van der Waals surface area contributed by atoms with Crippen molar-refractivity contribution in [3.63, 3.8) is 0 Å². The van der Waals surface area contributed by atoms with E-state index in [0.717, 1.165) is 5.82 Å². The van der Waals surface area contributed by atoms with Crippen molar-refractivity contribution in [2.75, 3.05) is 0 Å². The molecule has 0 spiro atoms. The van der Waals surface area contributed by atoms with Gasteiger partial charge in [0.05, 0.1) is 5.54 Å². The number of aromatic nitrogens is 3. The van der Waals surface area contributed by atoms with Gasteiger partial charge in [0.1, 0.15) is 12.2 Å². The molecular formula is C7H13N3. The molecule has 56 valence electrons. The van der Waals surface area contributed by atoms with Crippen LogP contribution in [0.2, 0.25) is 0 Å². The molecule has 0 amide bonds. The Morgan fingerprint density at radius 1 is 1.40 bits per heavy atom. The highest BCUT2D eigenvalue weighted by Gasteiger charge is 2.15. The van der Waals surface area contributed by atoms with Crippen LogP contribution in [0.15, 0.2) is 6.33 Å². The van der Waals surface area contributed by atoms with E-state index in [2.05, 4.69) is 30.9 Å². The van der Waals surface area contributed by atoms with Gasteiger partial charge in [0, 0.05) is 0 Å². The van der Waals surface area contributed by atoms with Crippen LogP contribution >= 0.6 is 0 Å². The van der Waals surface area contributed by atoms with Crippen molar-refractivity contribution < 1.29 is 0 Å². The van der Waals surface area contributed by atoms with Gasteiger partial charge in [0.15, 0.2) is 0 Å². The predicted molar refractivity (Wildman–Crippen MR) is 39.8 cm³/mol. The van der Waals surface area contributed by atoms with Gasteiger partial charge in [0.2, 0.25) is 0 Å². The molecule has 0 aromatic carbocycles. The van der Waals surface area contributed by atoms with Gasteiger partial charge in [-0.05, 0) is 27.7 Å². The molecule has 0 N–H and O–H groups in total. The summed E-state index contributed by atoms with van der Waals surface area (Å²) in [5.41, 5.74) is 0.0561.